The van der Waals surface area contributed by atoms with Crippen LogP contribution in [0.5, 0.6) is 0 Å². The van der Waals surface area contributed by atoms with Gasteiger partial charge >= 0.3 is 0 Å². The van der Waals surface area contributed by atoms with E-state index in [1.807, 2.05) is 6.07 Å². The van der Waals surface area contributed by atoms with Crippen molar-refractivity contribution in [2.24, 2.45) is 5.84 Å². The Morgan fingerprint density at radius 1 is 1.17 bits per heavy atom. The minimum Gasteiger partial charge on any atom is -0.271 e. The van der Waals surface area contributed by atoms with Crippen LogP contribution in [-0.2, 0) is 6.42 Å². The number of nitrogens with two attached hydrogens (primary N) is 1. The Balaban J connectivity index is 2.23. The highest BCUT2D eigenvalue weighted by molar-refractivity contribution is 14.1. The Kier molecular flexibility index (Phi) is 4.74. The van der Waals surface area contributed by atoms with E-state index in [9.17, 15) is 0 Å². The third-order valence-electron chi connectivity index (χ3n) is 3.00. The number of aryl methyl sites for hydroxylation is 1. The lowest BCUT2D eigenvalue weighted by Crippen LogP contribution is -2.30. The van der Waals surface area contributed by atoms with Crippen LogP contribution >= 0.6 is 22.6 Å². The van der Waals surface area contributed by atoms with Crippen LogP contribution in [0.2, 0.25) is 0 Å². The third kappa shape index (κ3) is 3.31. The van der Waals surface area contributed by atoms with Gasteiger partial charge in [-0.3, -0.25) is 11.3 Å². The summed E-state index contributed by atoms with van der Waals surface area (Å²) in [5, 5.41) is 0. The second-order valence-corrected chi connectivity index (χ2v) is 5.60. The van der Waals surface area contributed by atoms with Gasteiger partial charge in [0.15, 0.2) is 0 Å². The Bertz CT molecular complexity index is 525. The van der Waals surface area contributed by atoms with Gasteiger partial charge in [0, 0.05) is 3.57 Å². The summed E-state index contributed by atoms with van der Waals surface area (Å²) in [5.74, 6) is 5.71. The summed E-state index contributed by atoms with van der Waals surface area (Å²) in [6, 6.07) is 17.0. The number of halogens is 1. The van der Waals surface area contributed by atoms with Crippen LogP contribution in [0.15, 0.2) is 48.5 Å². The van der Waals surface area contributed by atoms with E-state index in [1.54, 1.807) is 0 Å². The maximum atomic E-state index is 5.71. The van der Waals surface area contributed by atoms with E-state index in [0.717, 1.165) is 6.42 Å². The Hall–Kier alpha value is -0.910. The molecule has 1 atom stereocenters. The van der Waals surface area contributed by atoms with E-state index in [0.29, 0.717) is 0 Å². The van der Waals surface area contributed by atoms with Gasteiger partial charge in [0.25, 0.3) is 0 Å². The van der Waals surface area contributed by atoms with E-state index >= 15 is 0 Å². The topological polar surface area (TPSA) is 38.0 Å². The zero-order valence-corrected chi connectivity index (χ0v) is 12.5. The second kappa shape index (κ2) is 6.31. The van der Waals surface area contributed by atoms with Crippen molar-refractivity contribution in [1.82, 2.24) is 5.43 Å². The molecule has 0 aliphatic rings. The summed E-state index contributed by atoms with van der Waals surface area (Å²) in [6.07, 6.45) is 0.901. The standard InChI is InChI=1S/C15H17IN2/c1-11-5-4-6-12(9-11)10-15(18-17)13-7-2-3-8-14(13)16/h2-9,15,18H,10,17H2,1H3. The maximum absolute atomic E-state index is 5.71. The van der Waals surface area contributed by atoms with Gasteiger partial charge in [-0.15, -0.1) is 0 Å². The first-order valence-electron chi connectivity index (χ1n) is 5.97. The van der Waals surface area contributed by atoms with Crippen LogP contribution in [0.25, 0.3) is 0 Å². The highest BCUT2D eigenvalue weighted by Crippen LogP contribution is 2.23. The molecule has 0 radical (unpaired) electrons. The predicted octanol–water partition coefficient (Wildman–Crippen LogP) is 3.35. The molecule has 0 heterocycles. The highest BCUT2D eigenvalue weighted by atomic mass is 127. The van der Waals surface area contributed by atoms with Gasteiger partial charge in [-0.25, -0.2) is 0 Å². The van der Waals surface area contributed by atoms with Gasteiger partial charge < -0.3 is 0 Å². The van der Waals surface area contributed by atoms with Crippen molar-refractivity contribution in [3.8, 4) is 0 Å². The van der Waals surface area contributed by atoms with Crippen LogP contribution in [0.1, 0.15) is 22.7 Å². The monoisotopic (exact) mass is 352 g/mol. The summed E-state index contributed by atoms with van der Waals surface area (Å²) in [5.41, 5.74) is 6.76. The van der Waals surface area contributed by atoms with Crippen molar-refractivity contribution < 1.29 is 0 Å². The van der Waals surface area contributed by atoms with Crippen LogP contribution in [0, 0.1) is 10.5 Å². The largest absolute Gasteiger partial charge is 0.271 e. The van der Waals surface area contributed by atoms with Crippen molar-refractivity contribution in [1.29, 1.82) is 0 Å². The molecule has 18 heavy (non-hydrogen) atoms. The van der Waals surface area contributed by atoms with Crippen molar-refractivity contribution in [2.75, 3.05) is 0 Å². The summed E-state index contributed by atoms with van der Waals surface area (Å²) in [6.45, 7) is 2.11. The highest BCUT2D eigenvalue weighted by Gasteiger charge is 2.13. The maximum Gasteiger partial charge on any atom is 0.0510 e. The lowest BCUT2D eigenvalue weighted by atomic mass is 9.98. The van der Waals surface area contributed by atoms with E-state index in [-0.39, 0.29) is 6.04 Å². The van der Waals surface area contributed by atoms with E-state index < -0.39 is 0 Å². The first-order valence-corrected chi connectivity index (χ1v) is 7.04. The van der Waals surface area contributed by atoms with Crippen LogP contribution in [-0.4, -0.2) is 0 Å². The van der Waals surface area contributed by atoms with E-state index in [4.69, 9.17) is 5.84 Å². The van der Waals surface area contributed by atoms with Crippen molar-refractivity contribution >= 4 is 22.6 Å². The Morgan fingerprint density at radius 3 is 2.61 bits per heavy atom. The van der Waals surface area contributed by atoms with E-state index in [1.165, 1.54) is 20.3 Å². The number of rotatable bonds is 4. The number of hydrazine groups is 1. The second-order valence-electron chi connectivity index (χ2n) is 4.43. The van der Waals surface area contributed by atoms with Gasteiger partial charge in [-0.05, 0) is 53.1 Å². The lowest BCUT2D eigenvalue weighted by Gasteiger charge is -2.18. The van der Waals surface area contributed by atoms with Gasteiger partial charge in [0.1, 0.15) is 0 Å². The lowest BCUT2D eigenvalue weighted by molar-refractivity contribution is 0.549. The minimum atomic E-state index is 0.153. The first-order chi connectivity index (χ1) is 8.70. The molecular formula is C15H17IN2. The fraction of sp³-hybridized carbons (Fsp3) is 0.200. The SMILES string of the molecule is Cc1cccc(CC(NN)c2ccccc2I)c1. The summed E-state index contributed by atoms with van der Waals surface area (Å²) in [4.78, 5) is 0. The Morgan fingerprint density at radius 2 is 1.94 bits per heavy atom. The predicted molar refractivity (Wildman–Crippen MR) is 84.1 cm³/mol. The summed E-state index contributed by atoms with van der Waals surface area (Å²) in [7, 11) is 0. The normalized spacial score (nSPS) is 12.4. The summed E-state index contributed by atoms with van der Waals surface area (Å²) >= 11 is 2.35. The van der Waals surface area contributed by atoms with Gasteiger partial charge in [-0.1, -0.05) is 48.0 Å². The first kappa shape index (κ1) is 13.5. The van der Waals surface area contributed by atoms with Crippen LogP contribution in [0.3, 0.4) is 0 Å². The molecule has 0 aromatic heterocycles. The molecule has 2 rings (SSSR count). The average Bonchev–Trinajstić information content (AvgIpc) is 2.37. The molecule has 3 N–H and O–H groups in total. The average molecular weight is 352 g/mol. The molecule has 94 valence electrons. The van der Waals surface area contributed by atoms with Crippen molar-refractivity contribution in [3.05, 3.63) is 68.8 Å². The number of benzene rings is 2. The molecule has 0 fully saturated rings. The molecule has 1 unspecified atom stereocenters. The van der Waals surface area contributed by atoms with Gasteiger partial charge in [-0.2, -0.15) is 0 Å². The molecule has 2 aromatic carbocycles. The third-order valence-corrected chi connectivity index (χ3v) is 3.99. The molecule has 0 saturated carbocycles. The smallest absolute Gasteiger partial charge is 0.0510 e. The van der Waals surface area contributed by atoms with Gasteiger partial charge in [0.2, 0.25) is 0 Å². The molecule has 0 spiro atoms. The molecule has 0 bridgehead atoms. The molecular weight excluding hydrogens is 335 g/mol. The van der Waals surface area contributed by atoms with Crippen molar-refractivity contribution in [2.45, 2.75) is 19.4 Å². The molecule has 2 aromatic rings. The number of nitrogens with one attached hydrogen (secondary N) is 1. The number of hydrogen-bond donors (Lipinski definition) is 2. The molecule has 2 nitrogen and oxygen atoms in total. The van der Waals surface area contributed by atoms with E-state index in [2.05, 4.69) is 77.4 Å². The Labute approximate surface area is 122 Å². The minimum absolute atomic E-state index is 0.153. The zero-order chi connectivity index (χ0) is 13.0. The molecule has 0 aliphatic heterocycles. The summed E-state index contributed by atoms with van der Waals surface area (Å²) < 4.78 is 1.24. The fourth-order valence-corrected chi connectivity index (χ4v) is 2.85. The van der Waals surface area contributed by atoms with Crippen molar-refractivity contribution in [3.63, 3.8) is 0 Å². The number of hydrogen-bond acceptors (Lipinski definition) is 2. The van der Waals surface area contributed by atoms with Crippen LogP contribution < -0.4 is 11.3 Å². The molecule has 0 saturated heterocycles. The van der Waals surface area contributed by atoms with Gasteiger partial charge in [0.05, 0.1) is 6.04 Å². The zero-order valence-electron chi connectivity index (χ0n) is 10.4. The fourth-order valence-electron chi connectivity index (χ4n) is 2.09. The molecule has 0 aliphatic carbocycles. The van der Waals surface area contributed by atoms with Crippen LogP contribution in [0.4, 0.5) is 0 Å². The molecule has 3 heteroatoms. The molecule has 0 amide bonds. The quantitative estimate of drug-likeness (QED) is 0.503.